The molecule has 2 rings (SSSR count). The highest BCUT2D eigenvalue weighted by Gasteiger charge is 2.16. The standard InChI is InChI=1S/C20H22ClNO4/c1-3-4-13-25-20(24)15-9-11-16(12-10-15)22-19(23)14(2)26-18-8-6-5-7-17(18)21/h5-12,14H,3-4,13H2,1-2H3,(H,22,23)/t14-/m0/s1. The molecule has 138 valence electrons. The third kappa shape index (κ3) is 5.77. The second kappa shape index (κ2) is 9.82. The van der Waals surface area contributed by atoms with Gasteiger partial charge in [0, 0.05) is 5.69 Å². The maximum absolute atomic E-state index is 12.3. The van der Waals surface area contributed by atoms with E-state index in [4.69, 9.17) is 21.1 Å². The number of hydrogen-bond donors (Lipinski definition) is 1. The van der Waals surface area contributed by atoms with Gasteiger partial charge in [-0.2, -0.15) is 0 Å². The molecule has 5 nitrogen and oxygen atoms in total. The lowest BCUT2D eigenvalue weighted by Gasteiger charge is -2.15. The summed E-state index contributed by atoms with van der Waals surface area (Å²) in [6.45, 7) is 4.07. The first-order valence-electron chi connectivity index (χ1n) is 8.50. The largest absolute Gasteiger partial charge is 0.479 e. The van der Waals surface area contributed by atoms with Gasteiger partial charge >= 0.3 is 5.97 Å². The monoisotopic (exact) mass is 375 g/mol. The van der Waals surface area contributed by atoms with Crippen molar-refractivity contribution in [3.05, 3.63) is 59.1 Å². The van der Waals surface area contributed by atoms with Gasteiger partial charge in [0.25, 0.3) is 5.91 Å². The molecule has 0 bridgehead atoms. The second-order valence-electron chi connectivity index (χ2n) is 5.75. The lowest BCUT2D eigenvalue weighted by molar-refractivity contribution is -0.122. The van der Waals surface area contributed by atoms with Crippen LogP contribution in [-0.2, 0) is 9.53 Å². The summed E-state index contributed by atoms with van der Waals surface area (Å²) in [5.74, 6) is -0.239. The molecule has 0 saturated heterocycles. The van der Waals surface area contributed by atoms with Crippen molar-refractivity contribution in [1.82, 2.24) is 0 Å². The number of halogens is 1. The number of anilines is 1. The van der Waals surface area contributed by atoms with Crippen molar-refractivity contribution in [2.75, 3.05) is 11.9 Å². The van der Waals surface area contributed by atoms with E-state index in [0.29, 0.717) is 28.6 Å². The van der Waals surface area contributed by atoms with E-state index in [9.17, 15) is 9.59 Å². The average Bonchev–Trinajstić information content (AvgIpc) is 2.64. The SMILES string of the molecule is CCCCOC(=O)c1ccc(NC(=O)[C@H](C)Oc2ccccc2Cl)cc1. The van der Waals surface area contributed by atoms with E-state index in [1.54, 1.807) is 55.5 Å². The number of carbonyl (C=O) groups excluding carboxylic acids is 2. The van der Waals surface area contributed by atoms with E-state index in [1.165, 1.54) is 0 Å². The number of ether oxygens (including phenoxy) is 2. The van der Waals surface area contributed by atoms with Gasteiger partial charge in [0.1, 0.15) is 5.75 Å². The minimum Gasteiger partial charge on any atom is -0.479 e. The summed E-state index contributed by atoms with van der Waals surface area (Å²) >= 11 is 6.03. The van der Waals surface area contributed by atoms with Gasteiger partial charge in [-0.25, -0.2) is 4.79 Å². The van der Waals surface area contributed by atoms with Gasteiger partial charge in [-0.3, -0.25) is 4.79 Å². The highest BCUT2D eigenvalue weighted by atomic mass is 35.5. The Bertz CT molecular complexity index is 746. The fourth-order valence-corrected chi connectivity index (χ4v) is 2.29. The minimum absolute atomic E-state index is 0.316. The molecule has 6 heteroatoms. The number of unbranched alkanes of at least 4 members (excludes halogenated alkanes) is 1. The van der Waals surface area contributed by atoms with Crippen molar-refractivity contribution >= 4 is 29.2 Å². The van der Waals surface area contributed by atoms with E-state index >= 15 is 0 Å². The third-order valence-electron chi connectivity index (χ3n) is 3.63. The minimum atomic E-state index is -0.728. The van der Waals surface area contributed by atoms with Crippen molar-refractivity contribution in [3.63, 3.8) is 0 Å². The number of benzene rings is 2. The molecule has 0 aliphatic rings. The first-order valence-corrected chi connectivity index (χ1v) is 8.88. The number of amides is 1. The molecular weight excluding hydrogens is 354 g/mol. The molecule has 1 amide bonds. The lowest BCUT2D eigenvalue weighted by Crippen LogP contribution is -2.30. The quantitative estimate of drug-likeness (QED) is 0.536. The Kier molecular flexibility index (Phi) is 7.48. The predicted molar refractivity (Wildman–Crippen MR) is 102 cm³/mol. The molecule has 1 N–H and O–H groups in total. The number of carbonyl (C=O) groups is 2. The zero-order chi connectivity index (χ0) is 18.9. The lowest BCUT2D eigenvalue weighted by atomic mass is 10.2. The van der Waals surface area contributed by atoms with E-state index in [-0.39, 0.29) is 11.9 Å². The van der Waals surface area contributed by atoms with Crippen LogP contribution in [0.1, 0.15) is 37.0 Å². The van der Waals surface area contributed by atoms with Crippen LogP contribution >= 0.6 is 11.6 Å². The highest BCUT2D eigenvalue weighted by molar-refractivity contribution is 6.32. The fourth-order valence-electron chi connectivity index (χ4n) is 2.11. The van der Waals surface area contributed by atoms with Gasteiger partial charge in [-0.05, 0) is 49.7 Å². The van der Waals surface area contributed by atoms with E-state index in [2.05, 4.69) is 5.32 Å². The van der Waals surface area contributed by atoms with Crippen molar-refractivity contribution in [2.45, 2.75) is 32.8 Å². The van der Waals surface area contributed by atoms with Crippen LogP contribution in [0.3, 0.4) is 0 Å². The van der Waals surface area contributed by atoms with Gasteiger partial charge in [-0.15, -0.1) is 0 Å². The molecule has 0 aliphatic carbocycles. The highest BCUT2D eigenvalue weighted by Crippen LogP contribution is 2.24. The average molecular weight is 376 g/mol. The Labute approximate surface area is 158 Å². The van der Waals surface area contributed by atoms with Crippen molar-refractivity contribution in [3.8, 4) is 5.75 Å². The zero-order valence-electron chi connectivity index (χ0n) is 14.8. The molecule has 0 heterocycles. The number of para-hydroxylation sites is 1. The van der Waals surface area contributed by atoms with Crippen molar-refractivity contribution in [2.24, 2.45) is 0 Å². The van der Waals surface area contributed by atoms with Crippen LogP contribution in [0.5, 0.6) is 5.75 Å². The van der Waals surface area contributed by atoms with Crippen LogP contribution in [0, 0.1) is 0 Å². The molecule has 0 unspecified atom stereocenters. The van der Waals surface area contributed by atoms with Gasteiger partial charge in [0.15, 0.2) is 6.10 Å². The molecule has 0 radical (unpaired) electrons. The predicted octanol–water partition coefficient (Wildman–Crippen LogP) is 4.70. The molecule has 0 spiro atoms. The first kappa shape index (κ1) is 19.8. The Hall–Kier alpha value is -2.53. The summed E-state index contributed by atoms with van der Waals surface area (Å²) in [5.41, 5.74) is 1.01. The molecule has 0 saturated carbocycles. The summed E-state index contributed by atoms with van der Waals surface area (Å²) in [7, 11) is 0. The first-order chi connectivity index (χ1) is 12.5. The molecule has 1 atom stereocenters. The summed E-state index contributed by atoms with van der Waals surface area (Å²) in [5, 5.41) is 3.18. The van der Waals surface area contributed by atoms with Crippen molar-refractivity contribution in [1.29, 1.82) is 0 Å². The van der Waals surface area contributed by atoms with Gasteiger partial charge in [0.2, 0.25) is 0 Å². The Morgan fingerprint density at radius 3 is 2.46 bits per heavy atom. The third-order valence-corrected chi connectivity index (χ3v) is 3.94. The van der Waals surface area contributed by atoms with Crippen molar-refractivity contribution < 1.29 is 19.1 Å². The van der Waals surface area contributed by atoms with E-state index in [0.717, 1.165) is 12.8 Å². The number of hydrogen-bond acceptors (Lipinski definition) is 4. The number of rotatable bonds is 8. The molecule has 2 aromatic rings. The molecule has 0 aromatic heterocycles. The summed E-state index contributed by atoms with van der Waals surface area (Å²) in [4.78, 5) is 24.1. The maximum atomic E-state index is 12.3. The summed E-state index contributed by atoms with van der Waals surface area (Å²) < 4.78 is 10.7. The van der Waals surface area contributed by atoms with Gasteiger partial charge in [-0.1, -0.05) is 37.1 Å². The Balaban J connectivity index is 1.90. The topological polar surface area (TPSA) is 64.6 Å². The van der Waals surface area contributed by atoms with Gasteiger partial charge < -0.3 is 14.8 Å². The van der Waals surface area contributed by atoms with E-state index < -0.39 is 6.10 Å². The van der Waals surface area contributed by atoms with Crippen LogP contribution in [0.25, 0.3) is 0 Å². The molecule has 0 fully saturated rings. The zero-order valence-corrected chi connectivity index (χ0v) is 15.6. The maximum Gasteiger partial charge on any atom is 0.338 e. The van der Waals surface area contributed by atoms with Crippen LogP contribution in [0.4, 0.5) is 5.69 Å². The van der Waals surface area contributed by atoms with Crippen LogP contribution < -0.4 is 10.1 Å². The number of esters is 1. The fraction of sp³-hybridized carbons (Fsp3) is 0.300. The number of nitrogens with one attached hydrogen (secondary N) is 1. The second-order valence-corrected chi connectivity index (χ2v) is 6.15. The molecular formula is C20H22ClNO4. The summed E-state index contributed by atoms with van der Waals surface area (Å²) in [6.07, 6.45) is 1.07. The van der Waals surface area contributed by atoms with Crippen LogP contribution in [0.2, 0.25) is 5.02 Å². The summed E-state index contributed by atoms with van der Waals surface area (Å²) in [6, 6.07) is 13.5. The Morgan fingerprint density at radius 2 is 1.81 bits per heavy atom. The molecule has 26 heavy (non-hydrogen) atoms. The van der Waals surface area contributed by atoms with Gasteiger partial charge in [0.05, 0.1) is 17.2 Å². The molecule has 2 aromatic carbocycles. The van der Waals surface area contributed by atoms with Crippen LogP contribution in [0.15, 0.2) is 48.5 Å². The smallest absolute Gasteiger partial charge is 0.338 e. The van der Waals surface area contributed by atoms with Crippen LogP contribution in [-0.4, -0.2) is 24.6 Å². The normalized spacial score (nSPS) is 11.5. The Morgan fingerprint density at radius 1 is 1.12 bits per heavy atom. The molecule has 0 aliphatic heterocycles. The van der Waals surface area contributed by atoms with E-state index in [1.807, 2.05) is 6.92 Å².